The molecule has 100 valence electrons. The highest BCUT2D eigenvalue weighted by atomic mass is 16.3. The number of aryl methyl sites for hydroxylation is 3. The molecule has 1 amide bonds. The van der Waals surface area contributed by atoms with Gasteiger partial charge >= 0.3 is 0 Å². The molecule has 0 aliphatic rings. The molecular weight excluding hydrogens is 238 g/mol. The van der Waals surface area contributed by atoms with Gasteiger partial charge in [-0.25, -0.2) is 0 Å². The van der Waals surface area contributed by atoms with Crippen molar-refractivity contribution in [2.45, 2.75) is 33.6 Å². The quantitative estimate of drug-likeness (QED) is 0.900. The standard InChI is InChI=1S/C16H19NO2/c1-4-12-7-6-8-13(5-2)14(12)17-16(18)15-11(3)9-10-19-15/h6-10H,4-5H2,1-3H3,(H,17,18). The molecule has 1 aromatic heterocycles. The summed E-state index contributed by atoms with van der Waals surface area (Å²) in [5, 5.41) is 2.99. The molecule has 19 heavy (non-hydrogen) atoms. The van der Waals surface area contributed by atoms with E-state index in [0.29, 0.717) is 5.76 Å². The van der Waals surface area contributed by atoms with Crippen LogP contribution in [0.15, 0.2) is 34.9 Å². The number of hydrogen-bond acceptors (Lipinski definition) is 2. The van der Waals surface area contributed by atoms with Crippen LogP contribution in [-0.2, 0) is 12.8 Å². The second-order valence-corrected chi connectivity index (χ2v) is 4.55. The van der Waals surface area contributed by atoms with Gasteiger partial charge < -0.3 is 9.73 Å². The van der Waals surface area contributed by atoms with E-state index in [9.17, 15) is 4.79 Å². The zero-order valence-electron chi connectivity index (χ0n) is 11.6. The largest absolute Gasteiger partial charge is 0.459 e. The van der Waals surface area contributed by atoms with E-state index in [1.807, 2.05) is 25.1 Å². The first-order valence-electron chi connectivity index (χ1n) is 6.63. The number of rotatable bonds is 4. The summed E-state index contributed by atoms with van der Waals surface area (Å²) in [6.07, 6.45) is 3.32. The number of benzene rings is 1. The minimum atomic E-state index is -0.182. The fraction of sp³-hybridized carbons (Fsp3) is 0.312. The molecule has 3 heteroatoms. The van der Waals surface area contributed by atoms with Gasteiger partial charge in [0.15, 0.2) is 5.76 Å². The van der Waals surface area contributed by atoms with Crippen LogP contribution in [0, 0.1) is 6.92 Å². The van der Waals surface area contributed by atoms with Crippen LogP contribution in [0.5, 0.6) is 0 Å². The van der Waals surface area contributed by atoms with Gasteiger partial charge in [-0.3, -0.25) is 4.79 Å². The molecule has 0 aliphatic carbocycles. The van der Waals surface area contributed by atoms with Crippen molar-refractivity contribution < 1.29 is 9.21 Å². The van der Waals surface area contributed by atoms with E-state index in [2.05, 4.69) is 19.2 Å². The van der Waals surface area contributed by atoms with Crippen LogP contribution in [0.1, 0.15) is 41.1 Å². The molecule has 1 N–H and O–H groups in total. The third-order valence-corrected chi connectivity index (χ3v) is 3.31. The normalized spacial score (nSPS) is 10.5. The monoisotopic (exact) mass is 257 g/mol. The molecule has 0 bridgehead atoms. The third-order valence-electron chi connectivity index (χ3n) is 3.31. The Morgan fingerprint density at radius 3 is 2.26 bits per heavy atom. The lowest BCUT2D eigenvalue weighted by molar-refractivity contribution is 0.0995. The molecular formula is C16H19NO2. The first kappa shape index (κ1) is 13.4. The second-order valence-electron chi connectivity index (χ2n) is 4.55. The summed E-state index contributed by atoms with van der Waals surface area (Å²) < 4.78 is 5.23. The Bertz CT molecular complexity index is 562. The maximum Gasteiger partial charge on any atom is 0.291 e. The Hall–Kier alpha value is -2.03. The summed E-state index contributed by atoms with van der Waals surface area (Å²) in [7, 11) is 0. The fourth-order valence-corrected chi connectivity index (χ4v) is 2.18. The van der Waals surface area contributed by atoms with Crippen molar-refractivity contribution in [1.82, 2.24) is 0 Å². The van der Waals surface area contributed by atoms with E-state index in [1.165, 1.54) is 6.26 Å². The van der Waals surface area contributed by atoms with E-state index in [0.717, 1.165) is 35.2 Å². The summed E-state index contributed by atoms with van der Waals surface area (Å²) in [5.74, 6) is 0.200. The van der Waals surface area contributed by atoms with Crippen molar-refractivity contribution >= 4 is 11.6 Å². The SMILES string of the molecule is CCc1cccc(CC)c1NC(=O)c1occc1C. The summed E-state index contributed by atoms with van der Waals surface area (Å²) in [5.41, 5.74) is 4.08. The van der Waals surface area contributed by atoms with Crippen LogP contribution in [0.4, 0.5) is 5.69 Å². The predicted molar refractivity (Wildman–Crippen MR) is 76.6 cm³/mol. The Kier molecular flexibility index (Phi) is 4.05. The van der Waals surface area contributed by atoms with Gasteiger partial charge in [-0.05, 0) is 37.0 Å². The van der Waals surface area contributed by atoms with Crippen molar-refractivity contribution in [2.75, 3.05) is 5.32 Å². The highest BCUT2D eigenvalue weighted by Gasteiger charge is 2.15. The molecule has 2 aromatic rings. The number of carbonyl (C=O) groups excluding carboxylic acids is 1. The van der Waals surface area contributed by atoms with Crippen molar-refractivity contribution in [1.29, 1.82) is 0 Å². The molecule has 1 aromatic carbocycles. The summed E-state index contributed by atoms with van der Waals surface area (Å²) in [4.78, 5) is 12.2. The first-order chi connectivity index (χ1) is 9.17. The number of anilines is 1. The van der Waals surface area contributed by atoms with Crippen LogP contribution >= 0.6 is 0 Å². The fourth-order valence-electron chi connectivity index (χ4n) is 2.18. The average molecular weight is 257 g/mol. The van der Waals surface area contributed by atoms with Gasteiger partial charge in [0.25, 0.3) is 5.91 Å². The van der Waals surface area contributed by atoms with Crippen LogP contribution in [0.25, 0.3) is 0 Å². The number of amides is 1. The molecule has 0 fully saturated rings. The zero-order valence-corrected chi connectivity index (χ0v) is 11.6. The van der Waals surface area contributed by atoms with Gasteiger partial charge in [-0.2, -0.15) is 0 Å². The van der Waals surface area contributed by atoms with E-state index >= 15 is 0 Å². The summed E-state index contributed by atoms with van der Waals surface area (Å²) in [6.45, 7) is 6.04. The minimum Gasteiger partial charge on any atom is -0.459 e. The molecule has 0 unspecified atom stereocenters. The van der Waals surface area contributed by atoms with Gasteiger partial charge in [0.2, 0.25) is 0 Å². The van der Waals surface area contributed by atoms with E-state index in [1.54, 1.807) is 6.07 Å². The molecule has 0 saturated carbocycles. The molecule has 0 saturated heterocycles. The average Bonchev–Trinajstić information content (AvgIpc) is 2.85. The number of nitrogens with one attached hydrogen (secondary N) is 1. The highest BCUT2D eigenvalue weighted by Crippen LogP contribution is 2.23. The molecule has 1 heterocycles. The third kappa shape index (κ3) is 2.70. The molecule has 0 spiro atoms. The molecule has 0 radical (unpaired) electrons. The van der Waals surface area contributed by atoms with Crippen molar-refractivity contribution in [2.24, 2.45) is 0 Å². The van der Waals surface area contributed by atoms with Gasteiger partial charge in [-0.1, -0.05) is 32.0 Å². The topological polar surface area (TPSA) is 42.2 Å². The first-order valence-corrected chi connectivity index (χ1v) is 6.63. The highest BCUT2D eigenvalue weighted by molar-refractivity contribution is 6.04. The molecule has 3 nitrogen and oxygen atoms in total. The van der Waals surface area contributed by atoms with Crippen molar-refractivity contribution in [3.8, 4) is 0 Å². The summed E-state index contributed by atoms with van der Waals surface area (Å²) >= 11 is 0. The Morgan fingerprint density at radius 2 is 1.79 bits per heavy atom. The Labute approximate surface area is 113 Å². The molecule has 0 aliphatic heterocycles. The van der Waals surface area contributed by atoms with Crippen LogP contribution < -0.4 is 5.32 Å². The van der Waals surface area contributed by atoms with E-state index < -0.39 is 0 Å². The van der Waals surface area contributed by atoms with Gasteiger partial charge in [0, 0.05) is 11.3 Å². The smallest absolute Gasteiger partial charge is 0.291 e. The van der Waals surface area contributed by atoms with Gasteiger partial charge in [0.1, 0.15) is 0 Å². The molecule has 2 rings (SSSR count). The van der Waals surface area contributed by atoms with Crippen molar-refractivity contribution in [3.63, 3.8) is 0 Å². The van der Waals surface area contributed by atoms with Crippen LogP contribution in [-0.4, -0.2) is 5.91 Å². The van der Waals surface area contributed by atoms with E-state index in [-0.39, 0.29) is 5.91 Å². The predicted octanol–water partition coefficient (Wildman–Crippen LogP) is 3.97. The summed E-state index contributed by atoms with van der Waals surface area (Å²) in [6, 6.07) is 7.92. The number of para-hydroxylation sites is 1. The Balaban J connectivity index is 2.33. The second kappa shape index (κ2) is 5.74. The maximum absolute atomic E-state index is 12.2. The van der Waals surface area contributed by atoms with E-state index in [4.69, 9.17) is 4.42 Å². The zero-order chi connectivity index (χ0) is 13.8. The lowest BCUT2D eigenvalue weighted by atomic mass is 10.0. The van der Waals surface area contributed by atoms with Gasteiger partial charge in [-0.15, -0.1) is 0 Å². The van der Waals surface area contributed by atoms with Crippen molar-refractivity contribution in [3.05, 3.63) is 53.0 Å². The van der Waals surface area contributed by atoms with Crippen LogP contribution in [0.2, 0.25) is 0 Å². The number of hydrogen-bond donors (Lipinski definition) is 1. The number of carbonyl (C=O) groups is 1. The lowest BCUT2D eigenvalue weighted by Gasteiger charge is -2.13. The van der Waals surface area contributed by atoms with Crippen LogP contribution in [0.3, 0.4) is 0 Å². The molecule has 0 atom stereocenters. The number of furan rings is 1. The lowest BCUT2D eigenvalue weighted by Crippen LogP contribution is -2.15. The Morgan fingerprint density at radius 1 is 1.16 bits per heavy atom. The minimum absolute atomic E-state index is 0.182. The maximum atomic E-state index is 12.2. The van der Waals surface area contributed by atoms with Gasteiger partial charge in [0.05, 0.1) is 6.26 Å².